The molecule has 0 atom stereocenters. The number of hydrogen-bond donors (Lipinski definition) is 0. The Morgan fingerprint density at radius 1 is 1.20 bits per heavy atom. The van der Waals surface area contributed by atoms with Crippen LogP contribution in [0.4, 0.5) is 4.39 Å². The summed E-state index contributed by atoms with van der Waals surface area (Å²) < 4.78 is 23.4. The van der Waals surface area contributed by atoms with Crippen LogP contribution in [0.1, 0.15) is 35.4 Å². The molecule has 0 bridgehead atoms. The third-order valence-corrected chi connectivity index (χ3v) is 5.43. The number of benzene rings is 1. The van der Waals surface area contributed by atoms with Gasteiger partial charge in [0, 0.05) is 37.3 Å². The lowest BCUT2D eigenvalue weighted by molar-refractivity contribution is 0.0686. The van der Waals surface area contributed by atoms with Crippen molar-refractivity contribution in [3.8, 4) is 17.3 Å². The van der Waals surface area contributed by atoms with E-state index < -0.39 is 0 Å². The van der Waals surface area contributed by atoms with Crippen LogP contribution in [0.3, 0.4) is 0 Å². The van der Waals surface area contributed by atoms with Crippen molar-refractivity contribution in [3.05, 3.63) is 59.8 Å². The second-order valence-electron chi connectivity index (χ2n) is 7.39. The van der Waals surface area contributed by atoms with Crippen molar-refractivity contribution in [2.24, 2.45) is 5.92 Å². The van der Waals surface area contributed by atoms with Crippen molar-refractivity contribution < 1.29 is 18.4 Å². The number of nitrogens with zero attached hydrogens (tertiary/aromatic N) is 4. The Hall–Kier alpha value is -3.29. The summed E-state index contributed by atoms with van der Waals surface area (Å²) in [5.74, 6) is 1.76. The molecule has 2 aromatic heterocycles. The zero-order valence-electron chi connectivity index (χ0n) is 16.8. The Morgan fingerprint density at radius 3 is 2.63 bits per heavy atom. The van der Waals surface area contributed by atoms with Gasteiger partial charge in [0.15, 0.2) is 5.82 Å². The predicted molar refractivity (Wildman–Crippen MR) is 107 cm³/mol. The molecule has 0 radical (unpaired) electrons. The lowest BCUT2D eigenvalue weighted by Gasteiger charge is -2.32. The second kappa shape index (κ2) is 9.02. The Balaban J connectivity index is 1.26. The molecule has 3 heterocycles. The summed E-state index contributed by atoms with van der Waals surface area (Å²) in [5, 5.41) is 4.03. The number of carbonyl (C=O) groups is 1. The van der Waals surface area contributed by atoms with Crippen molar-refractivity contribution in [2.75, 3.05) is 20.2 Å². The quantitative estimate of drug-likeness (QED) is 0.615. The highest BCUT2D eigenvalue weighted by molar-refractivity contribution is 5.94. The van der Waals surface area contributed by atoms with Crippen LogP contribution in [0.2, 0.25) is 0 Å². The number of aromatic nitrogens is 3. The molecule has 0 aliphatic carbocycles. The molecule has 156 valence electrons. The summed E-state index contributed by atoms with van der Waals surface area (Å²) in [6, 6.07) is 9.43. The number of likely N-dealkylation sites (tertiary alicyclic amines) is 1. The molecule has 0 spiro atoms. The first kappa shape index (κ1) is 20.0. The molecule has 0 saturated carbocycles. The minimum absolute atomic E-state index is 0.00529. The molecule has 7 nitrogen and oxygen atoms in total. The number of piperidine rings is 1. The van der Waals surface area contributed by atoms with Gasteiger partial charge in [-0.15, -0.1) is 0 Å². The standard InChI is InChI=1S/C22H23FN4O3/c1-29-20-9-5-17(14-24-20)22(28)27-12-10-15(11-13-27)2-8-19-25-21(30-26-19)16-3-6-18(23)7-4-16/h3-7,9,14-15H,2,8,10-13H2,1H3. The summed E-state index contributed by atoms with van der Waals surface area (Å²) in [6.45, 7) is 1.45. The number of methoxy groups -OCH3 is 1. The van der Waals surface area contributed by atoms with Crippen LogP contribution in [0, 0.1) is 11.7 Å². The largest absolute Gasteiger partial charge is 0.481 e. The molecule has 1 aromatic carbocycles. The lowest BCUT2D eigenvalue weighted by Crippen LogP contribution is -2.38. The number of ether oxygens (including phenoxy) is 1. The third-order valence-electron chi connectivity index (χ3n) is 5.43. The van der Waals surface area contributed by atoms with Crippen molar-refractivity contribution in [1.82, 2.24) is 20.0 Å². The minimum Gasteiger partial charge on any atom is -0.481 e. The summed E-state index contributed by atoms with van der Waals surface area (Å²) in [6.07, 6.45) is 5.10. The van der Waals surface area contributed by atoms with E-state index in [1.165, 1.54) is 12.1 Å². The Bertz CT molecular complexity index is 980. The van der Waals surface area contributed by atoms with E-state index in [9.17, 15) is 9.18 Å². The lowest BCUT2D eigenvalue weighted by atomic mass is 9.92. The molecule has 3 aromatic rings. The van der Waals surface area contributed by atoms with Gasteiger partial charge < -0.3 is 14.2 Å². The number of rotatable bonds is 6. The molecule has 1 fully saturated rings. The summed E-state index contributed by atoms with van der Waals surface area (Å²) in [5.41, 5.74) is 1.28. The highest BCUT2D eigenvalue weighted by Gasteiger charge is 2.24. The number of hydrogen-bond acceptors (Lipinski definition) is 6. The van der Waals surface area contributed by atoms with Crippen molar-refractivity contribution in [2.45, 2.75) is 25.7 Å². The van der Waals surface area contributed by atoms with Gasteiger partial charge in [-0.25, -0.2) is 9.37 Å². The molecule has 1 aliphatic rings. The Kier molecular flexibility index (Phi) is 6.02. The van der Waals surface area contributed by atoms with E-state index in [-0.39, 0.29) is 11.7 Å². The van der Waals surface area contributed by atoms with Crippen molar-refractivity contribution in [3.63, 3.8) is 0 Å². The first-order valence-electron chi connectivity index (χ1n) is 10.00. The fourth-order valence-corrected chi connectivity index (χ4v) is 3.63. The first-order chi connectivity index (χ1) is 14.6. The average Bonchev–Trinajstić information content (AvgIpc) is 3.27. The van der Waals surface area contributed by atoms with Gasteiger partial charge in [0.1, 0.15) is 5.82 Å². The maximum absolute atomic E-state index is 13.0. The Morgan fingerprint density at radius 2 is 1.97 bits per heavy atom. The van der Waals surface area contributed by atoms with Crippen LogP contribution in [0.15, 0.2) is 47.1 Å². The number of pyridine rings is 1. The molecular weight excluding hydrogens is 387 g/mol. The van der Waals surface area contributed by atoms with Gasteiger partial charge >= 0.3 is 0 Å². The molecule has 1 saturated heterocycles. The van der Waals surface area contributed by atoms with Crippen molar-refractivity contribution >= 4 is 5.91 Å². The van der Waals surface area contributed by atoms with Crippen LogP contribution in [0.25, 0.3) is 11.5 Å². The predicted octanol–water partition coefficient (Wildman–Crippen LogP) is 3.76. The summed E-state index contributed by atoms with van der Waals surface area (Å²) in [4.78, 5) is 23.0. The zero-order valence-corrected chi connectivity index (χ0v) is 16.8. The van der Waals surface area contributed by atoms with Gasteiger partial charge in [0.05, 0.1) is 12.7 Å². The fraction of sp³-hybridized carbons (Fsp3) is 0.364. The zero-order chi connectivity index (χ0) is 20.9. The molecule has 0 N–H and O–H groups in total. The summed E-state index contributed by atoms with van der Waals surface area (Å²) in [7, 11) is 1.55. The van der Waals surface area contributed by atoms with Crippen LogP contribution in [-0.2, 0) is 6.42 Å². The highest BCUT2D eigenvalue weighted by atomic mass is 19.1. The second-order valence-corrected chi connectivity index (χ2v) is 7.39. The van der Waals surface area contributed by atoms with E-state index in [0.717, 1.165) is 32.4 Å². The smallest absolute Gasteiger partial charge is 0.257 e. The van der Waals surface area contributed by atoms with E-state index in [1.807, 2.05) is 4.90 Å². The molecule has 1 amide bonds. The number of amides is 1. The SMILES string of the molecule is COc1ccc(C(=O)N2CCC(CCc3noc(-c4ccc(F)cc4)n3)CC2)cn1. The monoisotopic (exact) mass is 410 g/mol. The number of halogens is 1. The van der Waals surface area contributed by atoms with Crippen molar-refractivity contribution in [1.29, 1.82) is 0 Å². The Labute approximate surface area is 173 Å². The van der Waals surface area contributed by atoms with Crippen LogP contribution in [0.5, 0.6) is 5.88 Å². The third kappa shape index (κ3) is 4.64. The molecule has 0 unspecified atom stereocenters. The van der Waals surface area contributed by atoms with E-state index in [0.29, 0.717) is 41.1 Å². The van der Waals surface area contributed by atoms with Gasteiger partial charge in [-0.05, 0) is 55.5 Å². The molecule has 1 aliphatic heterocycles. The molecule has 30 heavy (non-hydrogen) atoms. The van der Waals surface area contributed by atoms with Gasteiger partial charge in [0.25, 0.3) is 11.8 Å². The molecular formula is C22H23FN4O3. The van der Waals surface area contributed by atoms with Crippen LogP contribution in [-0.4, -0.2) is 46.1 Å². The van der Waals surface area contributed by atoms with Crippen LogP contribution >= 0.6 is 0 Å². The minimum atomic E-state index is -0.299. The maximum Gasteiger partial charge on any atom is 0.257 e. The fourth-order valence-electron chi connectivity index (χ4n) is 3.63. The van der Waals surface area contributed by atoms with E-state index in [1.54, 1.807) is 37.6 Å². The van der Waals surface area contributed by atoms with E-state index in [4.69, 9.17) is 9.26 Å². The van der Waals surface area contributed by atoms with Gasteiger partial charge in [-0.1, -0.05) is 5.16 Å². The topological polar surface area (TPSA) is 81.4 Å². The van der Waals surface area contributed by atoms with Gasteiger partial charge in [-0.3, -0.25) is 4.79 Å². The maximum atomic E-state index is 13.0. The average molecular weight is 410 g/mol. The van der Waals surface area contributed by atoms with E-state index >= 15 is 0 Å². The molecule has 8 heteroatoms. The molecule has 4 rings (SSSR count). The number of carbonyl (C=O) groups excluding carboxylic acids is 1. The van der Waals surface area contributed by atoms with Gasteiger partial charge in [-0.2, -0.15) is 4.98 Å². The van der Waals surface area contributed by atoms with E-state index in [2.05, 4.69) is 15.1 Å². The van der Waals surface area contributed by atoms with Crippen LogP contribution < -0.4 is 4.74 Å². The summed E-state index contributed by atoms with van der Waals surface area (Å²) >= 11 is 0. The first-order valence-corrected chi connectivity index (χ1v) is 10.00. The van der Waals surface area contributed by atoms with Gasteiger partial charge in [0.2, 0.25) is 5.88 Å². The number of aryl methyl sites for hydroxylation is 1. The normalized spacial score (nSPS) is 14.7. The highest BCUT2D eigenvalue weighted by Crippen LogP contribution is 2.24.